The summed E-state index contributed by atoms with van der Waals surface area (Å²) in [6.07, 6.45) is -0.955. The Bertz CT molecular complexity index is 1580. The van der Waals surface area contributed by atoms with Crippen LogP contribution in [0, 0.1) is 13.8 Å². The summed E-state index contributed by atoms with van der Waals surface area (Å²) in [4.78, 5) is 25.1. The largest absolute Gasteiger partial charge is 0.488 e. The summed E-state index contributed by atoms with van der Waals surface area (Å²) in [5.41, 5.74) is 3.13. The molecule has 5 rings (SSSR count). The zero-order valence-electron chi connectivity index (χ0n) is 24.3. The fourth-order valence-corrected chi connectivity index (χ4v) is 4.81. The summed E-state index contributed by atoms with van der Waals surface area (Å²) in [7, 11) is 0. The van der Waals surface area contributed by atoms with E-state index in [9.17, 15) is 9.59 Å². The molecule has 0 fully saturated rings. The van der Waals surface area contributed by atoms with Crippen molar-refractivity contribution in [1.29, 1.82) is 0 Å². The van der Waals surface area contributed by atoms with Crippen LogP contribution in [-0.4, -0.2) is 37.4 Å². The Hall–Kier alpha value is -4.84. The number of rotatable bonds is 10. The van der Waals surface area contributed by atoms with E-state index < -0.39 is 24.1 Å². The van der Waals surface area contributed by atoms with Gasteiger partial charge >= 0.3 is 11.9 Å². The molecular formula is C36H34O6. The molecule has 5 aromatic carbocycles. The van der Waals surface area contributed by atoms with Gasteiger partial charge in [0.25, 0.3) is 0 Å². The first-order valence-electron chi connectivity index (χ1n) is 14.0. The van der Waals surface area contributed by atoms with E-state index in [-0.39, 0.29) is 13.2 Å². The van der Waals surface area contributed by atoms with Crippen LogP contribution in [0.4, 0.5) is 0 Å². The molecule has 0 saturated heterocycles. The number of ether oxygens (including phenoxy) is 4. The first kappa shape index (κ1) is 28.7. The van der Waals surface area contributed by atoms with Gasteiger partial charge in [-0.15, -0.1) is 0 Å². The fourth-order valence-electron chi connectivity index (χ4n) is 4.81. The Morgan fingerprint density at radius 1 is 0.548 bits per heavy atom. The zero-order chi connectivity index (χ0) is 29.6. The first-order valence-corrected chi connectivity index (χ1v) is 14.0. The fraction of sp³-hybridized carbons (Fsp3) is 0.222. The SMILES string of the molecule is Cc1ccc2c(OCC(C)OC(=O)c3ccccc3)c3cc(C)ccc3c(OCC(C)OC(=O)c3ccccc3)c2c1. The Labute approximate surface area is 245 Å². The van der Waals surface area contributed by atoms with Crippen molar-refractivity contribution in [2.45, 2.75) is 39.9 Å². The molecule has 0 aliphatic rings. The van der Waals surface area contributed by atoms with Crippen molar-refractivity contribution in [2.75, 3.05) is 13.2 Å². The van der Waals surface area contributed by atoms with E-state index in [2.05, 4.69) is 12.1 Å². The Kier molecular flexibility index (Phi) is 8.72. The van der Waals surface area contributed by atoms with Gasteiger partial charge in [0.1, 0.15) is 36.9 Å². The van der Waals surface area contributed by atoms with E-state index in [0.717, 1.165) is 32.7 Å². The molecule has 6 nitrogen and oxygen atoms in total. The summed E-state index contributed by atoms with van der Waals surface area (Å²) < 4.78 is 24.1. The molecule has 0 aliphatic heterocycles. The third-order valence-electron chi connectivity index (χ3n) is 6.89. The lowest BCUT2D eigenvalue weighted by atomic mass is 9.97. The molecular weight excluding hydrogens is 528 g/mol. The van der Waals surface area contributed by atoms with Gasteiger partial charge in [0.05, 0.1) is 11.1 Å². The highest BCUT2D eigenvalue weighted by molar-refractivity contribution is 6.11. The number of fused-ring (bicyclic) bond motifs is 2. The van der Waals surface area contributed by atoms with Crippen LogP contribution < -0.4 is 9.47 Å². The molecule has 0 N–H and O–H groups in total. The molecule has 0 aliphatic carbocycles. The van der Waals surface area contributed by atoms with Crippen LogP contribution in [0.25, 0.3) is 21.5 Å². The molecule has 6 heteroatoms. The van der Waals surface area contributed by atoms with Gasteiger partial charge in [0.15, 0.2) is 0 Å². The van der Waals surface area contributed by atoms with Gasteiger partial charge in [-0.1, -0.05) is 71.8 Å². The van der Waals surface area contributed by atoms with E-state index in [1.807, 2.05) is 64.1 Å². The Morgan fingerprint density at radius 2 is 0.929 bits per heavy atom. The minimum Gasteiger partial charge on any atom is -0.488 e. The van der Waals surface area contributed by atoms with Gasteiger partial charge in [-0.25, -0.2) is 9.59 Å². The topological polar surface area (TPSA) is 71.1 Å². The monoisotopic (exact) mass is 562 g/mol. The number of hydrogen-bond donors (Lipinski definition) is 0. The van der Waals surface area contributed by atoms with Crippen molar-refractivity contribution in [3.05, 3.63) is 119 Å². The van der Waals surface area contributed by atoms with E-state index in [0.29, 0.717) is 22.6 Å². The number of esters is 2. The van der Waals surface area contributed by atoms with Crippen molar-refractivity contribution < 1.29 is 28.5 Å². The molecule has 0 spiro atoms. The molecule has 0 radical (unpaired) electrons. The van der Waals surface area contributed by atoms with E-state index in [1.165, 1.54) is 0 Å². The standard InChI is InChI=1S/C36H34O6/c1-23-15-17-29-31(19-23)33(39-21-25(3)41-35(37)27-11-7-5-8-12-27)30-18-16-24(2)20-32(30)34(29)40-22-26(4)42-36(38)28-13-9-6-10-14-28/h5-20,25-26H,21-22H2,1-4H3. The summed E-state index contributed by atoms with van der Waals surface area (Å²) in [6, 6.07) is 30.1. The van der Waals surface area contributed by atoms with E-state index in [1.54, 1.807) is 48.5 Å². The lowest BCUT2D eigenvalue weighted by Crippen LogP contribution is -2.22. The lowest BCUT2D eigenvalue weighted by Gasteiger charge is -2.21. The molecule has 42 heavy (non-hydrogen) atoms. The van der Waals surface area contributed by atoms with Crippen LogP contribution in [0.15, 0.2) is 97.1 Å². The summed E-state index contributed by atoms with van der Waals surface area (Å²) in [5.74, 6) is 0.613. The van der Waals surface area contributed by atoms with Crippen LogP contribution >= 0.6 is 0 Å². The molecule has 0 saturated carbocycles. The number of hydrogen-bond acceptors (Lipinski definition) is 6. The highest BCUT2D eigenvalue weighted by Gasteiger charge is 2.20. The lowest BCUT2D eigenvalue weighted by molar-refractivity contribution is 0.0221. The van der Waals surface area contributed by atoms with Crippen molar-refractivity contribution in [2.24, 2.45) is 0 Å². The van der Waals surface area contributed by atoms with Gasteiger partial charge in [0, 0.05) is 21.5 Å². The molecule has 0 heterocycles. The van der Waals surface area contributed by atoms with Crippen molar-refractivity contribution in [1.82, 2.24) is 0 Å². The summed E-state index contributed by atoms with van der Waals surface area (Å²) >= 11 is 0. The molecule has 214 valence electrons. The number of aryl methyl sites for hydroxylation is 2. The molecule has 0 amide bonds. The maximum absolute atomic E-state index is 12.6. The first-order chi connectivity index (χ1) is 20.3. The maximum Gasteiger partial charge on any atom is 0.338 e. The molecule has 2 unspecified atom stereocenters. The van der Waals surface area contributed by atoms with Crippen LogP contribution in [0.1, 0.15) is 45.7 Å². The van der Waals surface area contributed by atoms with E-state index >= 15 is 0 Å². The van der Waals surface area contributed by atoms with Gasteiger partial charge < -0.3 is 18.9 Å². The highest BCUT2D eigenvalue weighted by Crippen LogP contribution is 2.43. The molecule has 0 aromatic heterocycles. The Morgan fingerprint density at radius 3 is 1.31 bits per heavy atom. The minimum atomic E-state index is -0.478. The molecule has 5 aromatic rings. The van der Waals surface area contributed by atoms with Crippen LogP contribution in [0.2, 0.25) is 0 Å². The normalized spacial score (nSPS) is 12.5. The average molecular weight is 563 g/mol. The zero-order valence-corrected chi connectivity index (χ0v) is 24.3. The average Bonchev–Trinajstić information content (AvgIpc) is 2.99. The molecule has 2 atom stereocenters. The number of benzene rings is 5. The second kappa shape index (κ2) is 12.8. The van der Waals surface area contributed by atoms with E-state index in [4.69, 9.17) is 18.9 Å². The van der Waals surface area contributed by atoms with Crippen LogP contribution in [0.5, 0.6) is 11.5 Å². The predicted molar refractivity (Wildman–Crippen MR) is 165 cm³/mol. The quantitative estimate of drug-likeness (QED) is 0.127. The van der Waals surface area contributed by atoms with Gasteiger partial charge in [-0.3, -0.25) is 0 Å². The number of carbonyl (C=O) groups is 2. The molecule has 0 bridgehead atoms. The van der Waals surface area contributed by atoms with Gasteiger partial charge in [-0.05, 0) is 64.1 Å². The summed E-state index contributed by atoms with van der Waals surface area (Å²) in [5, 5.41) is 3.53. The Balaban J connectivity index is 1.41. The third-order valence-corrected chi connectivity index (χ3v) is 6.89. The summed E-state index contributed by atoms with van der Waals surface area (Å²) in [6.45, 7) is 8.04. The second-order valence-electron chi connectivity index (χ2n) is 10.5. The second-order valence-corrected chi connectivity index (χ2v) is 10.5. The smallest absolute Gasteiger partial charge is 0.338 e. The van der Waals surface area contributed by atoms with Crippen molar-refractivity contribution in [3.63, 3.8) is 0 Å². The van der Waals surface area contributed by atoms with Crippen molar-refractivity contribution in [3.8, 4) is 11.5 Å². The van der Waals surface area contributed by atoms with Gasteiger partial charge in [0.2, 0.25) is 0 Å². The third kappa shape index (κ3) is 6.55. The van der Waals surface area contributed by atoms with Gasteiger partial charge in [-0.2, -0.15) is 0 Å². The van der Waals surface area contributed by atoms with Crippen LogP contribution in [-0.2, 0) is 9.47 Å². The maximum atomic E-state index is 12.6. The predicted octanol–water partition coefficient (Wildman–Crippen LogP) is 7.86. The highest BCUT2D eigenvalue weighted by atomic mass is 16.6. The number of carbonyl (C=O) groups excluding carboxylic acids is 2. The van der Waals surface area contributed by atoms with Crippen molar-refractivity contribution >= 4 is 33.5 Å². The van der Waals surface area contributed by atoms with Crippen LogP contribution in [0.3, 0.4) is 0 Å². The minimum absolute atomic E-state index is 0.178.